The highest BCUT2D eigenvalue weighted by Crippen LogP contribution is 2.27. The van der Waals surface area contributed by atoms with E-state index < -0.39 is 17.5 Å². The van der Waals surface area contributed by atoms with Gasteiger partial charge in [-0.1, -0.05) is 6.07 Å². The van der Waals surface area contributed by atoms with E-state index in [0.717, 1.165) is 16.8 Å². The molecule has 100 valence electrons. The second kappa shape index (κ2) is 4.69. The third-order valence-corrected chi connectivity index (χ3v) is 2.65. The van der Waals surface area contributed by atoms with Crippen molar-refractivity contribution in [1.82, 2.24) is 14.8 Å². The van der Waals surface area contributed by atoms with Crippen LogP contribution in [0.15, 0.2) is 47.4 Å². The molecule has 0 unspecified atom stereocenters. The lowest BCUT2D eigenvalue weighted by Gasteiger charge is -2.01. The van der Waals surface area contributed by atoms with E-state index in [0.29, 0.717) is 0 Å². The number of rotatable bonds is 2. The molecule has 2 aromatic heterocycles. The highest BCUT2D eigenvalue weighted by molar-refractivity contribution is 5.93. The predicted octanol–water partition coefficient (Wildman–Crippen LogP) is 2.50. The van der Waals surface area contributed by atoms with Gasteiger partial charge in [0, 0.05) is 0 Å². The van der Waals surface area contributed by atoms with E-state index in [-0.39, 0.29) is 17.1 Å². The molecule has 3 aromatic rings. The standard InChI is InChI=1S/C13H7F2N3O2/c14-8-2-1-3-9(15)12(8)10-4-5-11(20-10)13(19)18-7-16-6-17-18/h1-7H. The Hall–Kier alpha value is -2.83. The molecule has 0 amide bonds. The van der Waals surface area contributed by atoms with E-state index in [1.807, 2.05) is 0 Å². The minimum absolute atomic E-state index is 0.0657. The average molecular weight is 275 g/mol. The van der Waals surface area contributed by atoms with Gasteiger partial charge in [0.1, 0.15) is 30.0 Å². The molecule has 0 atom stereocenters. The molecule has 7 heteroatoms. The number of carbonyl (C=O) groups excluding carboxylic acids is 1. The van der Waals surface area contributed by atoms with Gasteiger partial charge >= 0.3 is 5.91 Å². The van der Waals surface area contributed by atoms with E-state index in [1.54, 1.807) is 0 Å². The van der Waals surface area contributed by atoms with Gasteiger partial charge in [-0.2, -0.15) is 9.78 Å². The van der Waals surface area contributed by atoms with E-state index in [4.69, 9.17) is 4.42 Å². The molecule has 0 saturated carbocycles. The Bertz CT molecular complexity index is 746. The van der Waals surface area contributed by atoms with Crippen LogP contribution in [0.4, 0.5) is 8.78 Å². The van der Waals surface area contributed by atoms with Crippen molar-refractivity contribution < 1.29 is 18.0 Å². The molecule has 0 bridgehead atoms. The van der Waals surface area contributed by atoms with Crippen LogP contribution in [0, 0.1) is 11.6 Å². The summed E-state index contributed by atoms with van der Waals surface area (Å²) in [6.45, 7) is 0. The molecule has 5 nitrogen and oxygen atoms in total. The molecule has 0 aliphatic carbocycles. The fourth-order valence-corrected chi connectivity index (χ4v) is 1.75. The number of hydrogen-bond donors (Lipinski definition) is 0. The third kappa shape index (κ3) is 1.99. The fraction of sp³-hybridized carbons (Fsp3) is 0. The lowest BCUT2D eigenvalue weighted by Crippen LogP contribution is -2.11. The highest BCUT2D eigenvalue weighted by atomic mass is 19.1. The number of hydrogen-bond acceptors (Lipinski definition) is 4. The normalized spacial score (nSPS) is 10.7. The number of nitrogens with zero attached hydrogens (tertiary/aromatic N) is 3. The molecule has 1 aromatic carbocycles. The third-order valence-electron chi connectivity index (χ3n) is 2.65. The van der Waals surface area contributed by atoms with Gasteiger partial charge in [-0.25, -0.2) is 13.8 Å². The van der Waals surface area contributed by atoms with Crippen LogP contribution in [0.2, 0.25) is 0 Å². The van der Waals surface area contributed by atoms with Crippen molar-refractivity contribution in [3.63, 3.8) is 0 Å². The number of carbonyl (C=O) groups is 1. The Kier molecular flexibility index (Phi) is 2.86. The topological polar surface area (TPSA) is 60.9 Å². The van der Waals surface area contributed by atoms with E-state index in [2.05, 4.69) is 10.1 Å². The fourth-order valence-electron chi connectivity index (χ4n) is 1.75. The van der Waals surface area contributed by atoms with Crippen molar-refractivity contribution in [3.8, 4) is 11.3 Å². The summed E-state index contributed by atoms with van der Waals surface area (Å²) in [4.78, 5) is 15.5. The smallest absolute Gasteiger partial charge is 0.315 e. The summed E-state index contributed by atoms with van der Waals surface area (Å²) >= 11 is 0. The van der Waals surface area contributed by atoms with Gasteiger partial charge in [0.05, 0.1) is 5.56 Å². The van der Waals surface area contributed by atoms with Gasteiger partial charge in [-0.05, 0) is 24.3 Å². The maximum Gasteiger partial charge on any atom is 0.315 e. The first-order chi connectivity index (χ1) is 9.66. The van der Waals surface area contributed by atoms with Gasteiger partial charge in [0.15, 0.2) is 5.76 Å². The Morgan fingerprint density at radius 3 is 2.55 bits per heavy atom. The van der Waals surface area contributed by atoms with Crippen LogP contribution in [-0.4, -0.2) is 20.7 Å². The average Bonchev–Trinajstić information content (AvgIpc) is 3.09. The van der Waals surface area contributed by atoms with Crippen LogP contribution in [0.1, 0.15) is 10.6 Å². The van der Waals surface area contributed by atoms with Crippen molar-refractivity contribution in [2.75, 3.05) is 0 Å². The van der Waals surface area contributed by atoms with Gasteiger partial charge in [-0.3, -0.25) is 4.79 Å². The SMILES string of the molecule is O=C(c1ccc(-c2c(F)cccc2F)o1)n1cncn1. The first kappa shape index (κ1) is 12.2. The zero-order valence-corrected chi connectivity index (χ0v) is 9.96. The summed E-state index contributed by atoms with van der Waals surface area (Å²) in [5.74, 6) is -2.26. The lowest BCUT2D eigenvalue weighted by atomic mass is 10.1. The number of furan rings is 1. The van der Waals surface area contributed by atoms with Crippen LogP contribution in [0.3, 0.4) is 0 Å². The molecule has 0 spiro atoms. The van der Waals surface area contributed by atoms with Crippen molar-refractivity contribution in [1.29, 1.82) is 0 Å². The predicted molar refractivity (Wildman–Crippen MR) is 63.8 cm³/mol. The van der Waals surface area contributed by atoms with Gasteiger partial charge in [0.25, 0.3) is 0 Å². The molecule has 0 radical (unpaired) electrons. The second-order valence-corrected chi connectivity index (χ2v) is 3.91. The summed E-state index contributed by atoms with van der Waals surface area (Å²) in [6, 6.07) is 6.12. The van der Waals surface area contributed by atoms with Gasteiger partial charge in [-0.15, -0.1) is 0 Å². The zero-order chi connectivity index (χ0) is 14.1. The number of halogens is 2. The summed E-state index contributed by atoms with van der Waals surface area (Å²) in [5, 5.41) is 3.66. The minimum Gasteiger partial charge on any atom is -0.451 e. The molecule has 20 heavy (non-hydrogen) atoms. The van der Waals surface area contributed by atoms with E-state index >= 15 is 0 Å². The van der Waals surface area contributed by atoms with Gasteiger partial charge < -0.3 is 4.42 Å². The highest BCUT2D eigenvalue weighted by Gasteiger charge is 2.18. The minimum atomic E-state index is -0.765. The monoisotopic (exact) mass is 275 g/mol. The molecular weight excluding hydrogens is 268 g/mol. The van der Waals surface area contributed by atoms with Crippen LogP contribution < -0.4 is 0 Å². The van der Waals surface area contributed by atoms with E-state index in [1.165, 1.54) is 30.9 Å². The van der Waals surface area contributed by atoms with Crippen LogP contribution in [0.5, 0.6) is 0 Å². The number of aromatic nitrogens is 3. The maximum absolute atomic E-state index is 13.6. The van der Waals surface area contributed by atoms with Crippen molar-refractivity contribution >= 4 is 5.91 Å². The Morgan fingerprint density at radius 2 is 1.90 bits per heavy atom. The molecule has 0 aliphatic heterocycles. The van der Waals surface area contributed by atoms with Gasteiger partial charge in [0.2, 0.25) is 0 Å². The molecule has 3 rings (SSSR count). The van der Waals surface area contributed by atoms with Crippen LogP contribution in [0.25, 0.3) is 11.3 Å². The van der Waals surface area contributed by atoms with Crippen molar-refractivity contribution in [3.05, 3.63) is 60.4 Å². The molecular formula is C13H7F2N3O2. The molecule has 0 fully saturated rings. The van der Waals surface area contributed by atoms with E-state index in [9.17, 15) is 13.6 Å². The summed E-state index contributed by atoms with van der Waals surface area (Å²) in [7, 11) is 0. The Balaban J connectivity index is 2.01. The quantitative estimate of drug-likeness (QED) is 0.721. The largest absolute Gasteiger partial charge is 0.451 e. The molecule has 0 saturated heterocycles. The van der Waals surface area contributed by atoms with Crippen molar-refractivity contribution in [2.24, 2.45) is 0 Å². The second-order valence-electron chi connectivity index (χ2n) is 3.91. The lowest BCUT2D eigenvalue weighted by molar-refractivity contribution is 0.0917. The first-order valence-corrected chi connectivity index (χ1v) is 5.60. The maximum atomic E-state index is 13.6. The Labute approximate surface area is 111 Å². The summed E-state index contributed by atoms with van der Waals surface area (Å²) in [6.07, 6.45) is 2.40. The first-order valence-electron chi connectivity index (χ1n) is 5.60. The van der Waals surface area contributed by atoms with Crippen molar-refractivity contribution in [2.45, 2.75) is 0 Å². The molecule has 2 heterocycles. The van der Waals surface area contributed by atoms with Crippen LogP contribution in [-0.2, 0) is 0 Å². The molecule has 0 aliphatic rings. The summed E-state index contributed by atoms with van der Waals surface area (Å²) in [5.41, 5.74) is -0.315. The zero-order valence-electron chi connectivity index (χ0n) is 9.96. The number of benzene rings is 1. The van der Waals surface area contributed by atoms with Crippen LogP contribution >= 0.6 is 0 Å². The Morgan fingerprint density at radius 1 is 1.15 bits per heavy atom. The molecule has 0 N–H and O–H groups in total. The summed E-state index contributed by atoms with van der Waals surface area (Å²) < 4.78 is 33.4.